The van der Waals surface area contributed by atoms with E-state index in [2.05, 4.69) is 41.9 Å². The van der Waals surface area contributed by atoms with Gasteiger partial charge in [0.2, 0.25) is 0 Å². The van der Waals surface area contributed by atoms with E-state index in [4.69, 9.17) is 0 Å². The Kier molecular flexibility index (Phi) is 3.44. The quantitative estimate of drug-likeness (QED) is 0.345. The summed E-state index contributed by atoms with van der Waals surface area (Å²) in [7, 11) is 0. The average Bonchev–Trinajstić information content (AvgIpc) is 2.64. The van der Waals surface area contributed by atoms with Crippen molar-refractivity contribution >= 4 is 62.7 Å². The number of rotatable bonds is 1. The molecule has 0 saturated carbocycles. The van der Waals surface area contributed by atoms with Gasteiger partial charge in [-0.1, -0.05) is 0 Å². The van der Waals surface area contributed by atoms with Gasteiger partial charge in [0.15, 0.2) is 0 Å². The van der Waals surface area contributed by atoms with Gasteiger partial charge in [0.05, 0.1) is 0 Å². The summed E-state index contributed by atoms with van der Waals surface area (Å²) >= 11 is -4.38. The summed E-state index contributed by atoms with van der Waals surface area (Å²) in [5, 5.41) is 0. The van der Waals surface area contributed by atoms with Gasteiger partial charge < -0.3 is 0 Å². The van der Waals surface area contributed by atoms with E-state index in [0.717, 1.165) is 15.8 Å². The van der Waals surface area contributed by atoms with Crippen LogP contribution in [-0.4, -0.2) is 32.6 Å². The Balaban J connectivity index is 1.89. The molecule has 3 heterocycles. The molecule has 0 fully saturated rings. The number of hydrogen-bond donors (Lipinski definition) is 0. The van der Waals surface area contributed by atoms with Gasteiger partial charge in [-0.05, 0) is 0 Å². The van der Waals surface area contributed by atoms with Crippen LogP contribution in [0.4, 0.5) is 17.2 Å². The Morgan fingerprint density at radius 2 is 1.81 bits per heavy atom. The molecule has 0 atom stereocenters. The number of para-hydroxylation sites is 1. The van der Waals surface area contributed by atoms with Crippen LogP contribution < -0.4 is 22.7 Å². The molecule has 0 spiro atoms. The molecule has 0 N–H and O–H groups in total. The fraction of sp³-hybridized carbons (Fsp3) is 0.150. The second-order valence-electron chi connectivity index (χ2n) is 6.75. The molecule has 2 aromatic carbocycles. The number of nitrogens with zero attached hydrogens (tertiary/aromatic N) is 2. The fourth-order valence-corrected chi connectivity index (χ4v) is 9.43. The van der Waals surface area contributed by atoms with Gasteiger partial charge in [-0.2, -0.15) is 0 Å². The van der Waals surface area contributed by atoms with Gasteiger partial charge in [-0.25, -0.2) is 0 Å². The molecule has 4 nitrogen and oxygen atoms in total. The van der Waals surface area contributed by atoms with Crippen LogP contribution in [0.2, 0.25) is 0 Å². The molecule has 5 rings (SSSR count). The van der Waals surface area contributed by atoms with E-state index in [1.54, 1.807) is 24.4 Å². The van der Waals surface area contributed by atoms with Crippen molar-refractivity contribution < 1.29 is 7.67 Å². The fourth-order valence-electron chi connectivity index (χ4n) is 3.51. The number of aromatic nitrogens is 1. The van der Waals surface area contributed by atoms with Crippen molar-refractivity contribution in [2.24, 2.45) is 0 Å². The van der Waals surface area contributed by atoms with E-state index in [1.807, 2.05) is 12.1 Å². The molecule has 2 aliphatic heterocycles. The van der Waals surface area contributed by atoms with E-state index < -0.39 is 12.7 Å². The molecule has 0 radical (unpaired) electrons. The van der Waals surface area contributed by atoms with E-state index in [-0.39, 0.29) is 15.0 Å². The van der Waals surface area contributed by atoms with Crippen LogP contribution in [-0.2, 0) is 7.67 Å². The zero-order valence-electron chi connectivity index (χ0n) is 14.3. The third kappa shape index (κ3) is 2.10. The minimum atomic E-state index is -4.45. The Bertz CT molecular complexity index is 1170. The Hall–Kier alpha value is -1.97. The predicted molar refractivity (Wildman–Crippen MR) is 104 cm³/mol. The van der Waals surface area contributed by atoms with Gasteiger partial charge in [0.25, 0.3) is 0 Å². The molecule has 130 valence electrons. The van der Waals surface area contributed by atoms with Crippen LogP contribution in [0.15, 0.2) is 54.7 Å². The summed E-state index contributed by atoms with van der Waals surface area (Å²) in [5.41, 5.74) is 3.14. The zero-order chi connectivity index (χ0) is 18.1. The Morgan fingerprint density at radius 1 is 1.00 bits per heavy atom. The first-order chi connectivity index (χ1) is 12.5. The monoisotopic (exact) mass is 476 g/mol. The molecule has 0 aliphatic carbocycles. The zero-order valence-corrected chi connectivity index (χ0v) is 17.7. The summed E-state index contributed by atoms with van der Waals surface area (Å²) in [5.74, 6) is 0.946. The maximum atomic E-state index is 13.2. The number of anilines is 3. The molecule has 26 heavy (non-hydrogen) atoms. The standard InChI is InChI=1S/C20H16N2O2Se2/c1-12(2)13-8-9-15-14(11-13)22-19-16(25-15)5-3-6-17(19)26(23,24)18-7-4-10-21-20(18)22/h3-12H,1-2H3. The van der Waals surface area contributed by atoms with Crippen LogP contribution in [0.5, 0.6) is 0 Å². The molecule has 6 heteroatoms. The Labute approximate surface area is 160 Å². The van der Waals surface area contributed by atoms with Gasteiger partial charge in [-0.3, -0.25) is 0 Å². The summed E-state index contributed by atoms with van der Waals surface area (Å²) in [4.78, 5) is 6.55. The van der Waals surface area contributed by atoms with Gasteiger partial charge in [-0.15, -0.1) is 0 Å². The van der Waals surface area contributed by atoms with Crippen molar-refractivity contribution in [2.45, 2.75) is 19.8 Å². The van der Waals surface area contributed by atoms with Crippen LogP contribution >= 0.6 is 0 Å². The van der Waals surface area contributed by atoms with Crippen LogP contribution in [0.3, 0.4) is 0 Å². The van der Waals surface area contributed by atoms with Crippen LogP contribution in [0.25, 0.3) is 0 Å². The summed E-state index contributed by atoms with van der Waals surface area (Å²) in [6.45, 7) is 4.34. The average molecular weight is 474 g/mol. The summed E-state index contributed by atoms with van der Waals surface area (Å²) < 4.78 is 29.6. The van der Waals surface area contributed by atoms with Gasteiger partial charge in [0, 0.05) is 0 Å². The van der Waals surface area contributed by atoms with Crippen LogP contribution in [0.1, 0.15) is 25.3 Å². The van der Waals surface area contributed by atoms with Gasteiger partial charge >= 0.3 is 160 Å². The summed E-state index contributed by atoms with van der Waals surface area (Å²) in [6.07, 6.45) is 1.67. The van der Waals surface area contributed by atoms with E-state index in [1.165, 1.54) is 10.0 Å². The molecule has 3 aromatic rings. The van der Waals surface area contributed by atoms with Crippen molar-refractivity contribution in [1.29, 1.82) is 0 Å². The SMILES string of the molecule is CC(C)c1ccc2c(c1)N1c3ncccc3[Se](=O)(=O)c3cccc(c31)[Se]2. The number of benzene rings is 2. The van der Waals surface area contributed by atoms with Gasteiger partial charge in [0.1, 0.15) is 0 Å². The number of hydrogen-bond acceptors (Lipinski definition) is 4. The second kappa shape index (κ2) is 5.51. The molecular weight excluding hydrogens is 458 g/mol. The first-order valence-corrected chi connectivity index (χ1v) is 13.3. The van der Waals surface area contributed by atoms with Crippen molar-refractivity contribution in [2.75, 3.05) is 4.90 Å². The van der Waals surface area contributed by atoms with Crippen LogP contribution in [0, 0.1) is 0 Å². The van der Waals surface area contributed by atoms with E-state index >= 15 is 0 Å². The third-order valence-corrected chi connectivity index (χ3v) is 11.0. The van der Waals surface area contributed by atoms with Crippen molar-refractivity contribution in [3.63, 3.8) is 0 Å². The van der Waals surface area contributed by atoms with Crippen molar-refractivity contribution in [1.82, 2.24) is 4.98 Å². The Morgan fingerprint density at radius 3 is 2.62 bits per heavy atom. The number of pyridine rings is 1. The first-order valence-electron chi connectivity index (χ1n) is 8.43. The first kappa shape index (κ1) is 16.2. The number of fused-ring (bicyclic) bond motifs is 4. The topological polar surface area (TPSA) is 50.3 Å². The molecule has 2 aliphatic rings. The normalized spacial score (nSPS) is 16.0. The molecule has 1 aromatic heterocycles. The van der Waals surface area contributed by atoms with E-state index in [0.29, 0.717) is 20.7 Å². The molecule has 0 bridgehead atoms. The molecule has 0 amide bonds. The van der Waals surface area contributed by atoms with Crippen molar-refractivity contribution in [3.05, 3.63) is 60.3 Å². The molecular formula is C20H16N2O2Se2. The predicted octanol–water partition coefficient (Wildman–Crippen LogP) is 1.37. The molecule has 0 unspecified atom stereocenters. The minimum absolute atomic E-state index is 0.0756. The summed E-state index contributed by atoms with van der Waals surface area (Å²) in [6, 6.07) is 15.6. The second-order valence-corrected chi connectivity index (χ2v) is 13.0. The third-order valence-electron chi connectivity index (χ3n) is 4.84. The van der Waals surface area contributed by atoms with Crippen molar-refractivity contribution in [3.8, 4) is 0 Å². The van der Waals surface area contributed by atoms with E-state index in [9.17, 15) is 7.67 Å². The maximum absolute atomic E-state index is 13.2. The molecule has 0 saturated heterocycles.